The Morgan fingerprint density at radius 1 is 1.25 bits per heavy atom. The van der Waals surface area contributed by atoms with Crippen molar-refractivity contribution in [1.29, 1.82) is 0 Å². The Morgan fingerprint density at radius 2 is 1.92 bits per heavy atom. The molecule has 3 nitrogen and oxygen atoms in total. The molecule has 1 aromatic carbocycles. The Morgan fingerprint density at radius 3 is 2.42 bits per heavy atom. The third-order valence-electron chi connectivity index (χ3n) is 1.61. The zero-order valence-corrected chi connectivity index (χ0v) is 8.44. The van der Waals surface area contributed by atoms with Crippen molar-refractivity contribution in [3.63, 3.8) is 0 Å². The highest BCUT2D eigenvalue weighted by atomic mass is 28.3. The summed E-state index contributed by atoms with van der Waals surface area (Å²) < 4.78 is 10.4. The van der Waals surface area contributed by atoms with E-state index in [2.05, 4.69) is 0 Å². The molecule has 0 spiro atoms. The molecular formula is C8H13NO2Si. The van der Waals surface area contributed by atoms with E-state index in [0.29, 0.717) is 0 Å². The molecule has 2 N–H and O–H groups in total. The maximum atomic E-state index is 5.62. The summed E-state index contributed by atoms with van der Waals surface area (Å²) >= 11 is 0. The van der Waals surface area contributed by atoms with Crippen LogP contribution in [0.3, 0.4) is 0 Å². The molecule has 0 saturated heterocycles. The first kappa shape index (κ1) is 9.25. The maximum absolute atomic E-state index is 5.62. The molecular weight excluding hydrogens is 170 g/mol. The maximum Gasteiger partial charge on any atom is 0.355 e. The lowest BCUT2D eigenvalue weighted by molar-refractivity contribution is 0.292. The Balaban J connectivity index is 2.85. The van der Waals surface area contributed by atoms with Gasteiger partial charge in [0.2, 0.25) is 0 Å². The zero-order valence-electron chi connectivity index (χ0n) is 7.28. The zero-order chi connectivity index (χ0) is 8.97. The quantitative estimate of drug-likeness (QED) is 0.529. The second kappa shape index (κ2) is 4.25. The van der Waals surface area contributed by atoms with E-state index in [-0.39, 0.29) is 0 Å². The Kier molecular flexibility index (Phi) is 3.27. The molecule has 4 heteroatoms. The fraction of sp³-hybridized carbons (Fsp3) is 0.250. The average Bonchev–Trinajstić information content (AvgIpc) is 2.07. The molecule has 0 fully saturated rings. The number of hydrogen-bond acceptors (Lipinski definition) is 3. The van der Waals surface area contributed by atoms with Gasteiger partial charge in [-0.25, -0.2) is 0 Å². The molecule has 0 bridgehead atoms. The molecule has 0 amide bonds. The molecule has 12 heavy (non-hydrogen) atoms. The molecule has 0 aliphatic carbocycles. The van der Waals surface area contributed by atoms with Crippen molar-refractivity contribution in [3.8, 4) is 0 Å². The highest BCUT2D eigenvalue weighted by Gasteiger charge is 2.12. The summed E-state index contributed by atoms with van der Waals surface area (Å²) in [6, 6.07) is 7.62. The van der Waals surface area contributed by atoms with Crippen LogP contribution in [0.4, 0.5) is 5.69 Å². The normalized spacial score (nSPS) is 10.6. The van der Waals surface area contributed by atoms with Crippen LogP contribution in [-0.2, 0) is 8.85 Å². The predicted molar refractivity (Wildman–Crippen MR) is 51.7 cm³/mol. The van der Waals surface area contributed by atoms with E-state index in [0.717, 1.165) is 10.9 Å². The van der Waals surface area contributed by atoms with Gasteiger partial charge in [-0.05, 0) is 17.3 Å². The number of rotatable bonds is 3. The minimum absolute atomic E-state index is 0.749. The van der Waals surface area contributed by atoms with Gasteiger partial charge in [-0.3, -0.25) is 0 Å². The average molecular weight is 183 g/mol. The molecule has 0 aromatic heterocycles. The fourth-order valence-corrected chi connectivity index (χ4v) is 2.41. The Labute approximate surface area is 74.0 Å². The van der Waals surface area contributed by atoms with Gasteiger partial charge < -0.3 is 14.6 Å². The smallest absolute Gasteiger partial charge is 0.355 e. The summed E-state index contributed by atoms with van der Waals surface area (Å²) in [4.78, 5) is 0. The van der Waals surface area contributed by atoms with Crippen LogP contribution in [0.5, 0.6) is 0 Å². The van der Waals surface area contributed by atoms with E-state index in [9.17, 15) is 0 Å². The second-order valence-electron chi connectivity index (χ2n) is 2.47. The Bertz CT molecular complexity index is 251. The first-order valence-electron chi connectivity index (χ1n) is 3.69. The first-order valence-corrected chi connectivity index (χ1v) is 5.21. The van der Waals surface area contributed by atoms with Crippen molar-refractivity contribution in [2.75, 3.05) is 20.0 Å². The molecule has 0 aliphatic heterocycles. The third kappa shape index (κ3) is 2.07. The molecule has 0 radical (unpaired) electrons. The lowest BCUT2D eigenvalue weighted by atomic mass is 10.3. The largest absolute Gasteiger partial charge is 0.399 e. The van der Waals surface area contributed by atoms with E-state index >= 15 is 0 Å². The minimum atomic E-state index is -1.66. The SMILES string of the molecule is CO[SiH](OC)c1cccc(N)c1. The molecule has 0 unspecified atom stereocenters. The van der Waals surface area contributed by atoms with Crippen molar-refractivity contribution < 1.29 is 8.85 Å². The van der Waals surface area contributed by atoms with Gasteiger partial charge in [0.05, 0.1) is 0 Å². The van der Waals surface area contributed by atoms with Crippen LogP contribution in [0.15, 0.2) is 24.3 Å². The van der Waals surface area contributed by atoms with Gasteiger partial charge in [-0.1, -0.05) is 12.1 Å². The van der Waals surface area contributed by atoms with Gasteiger partial charge in [0.25, 0.3) is 0 Å². The summed E-state index contributed by atoms with van der Waals surface area (Å²) in [7, 11) is 1.65. The Hall–Kier alpha value is -0.843. The molecule has 0 atom stereocenters. The fourth-order valence-electron chi connectivity index (χ4n) is 1.07. The summed E-state index contributed by atoms with van der Waals surface area (Å²) in [5.41, 5.74) is 6.37. The standard InChI is InChI=1S/C8H13NO2Si/c1-10-12(11-2)8-5-3-4-7(9)6-8/h3-6,12H,9H2,1-2H3. The summed E-state index contributed by atoms with van der Waals surface area (Å²) in [6.07, 6.45) is 0. The van der Waals surface area contributed by atoms with Crippen molar-refractivity contribution in [2.24, 2.45) is 0 Å². The van der Waals surface area contributed by atoms with E-state index in [1.54, 1.807) is 14.2 Å². The molecule has 0 saturated carbocycles. The van der Waals surface area contributed by atoms with Gasteiger partial charge in [0.15, 0.2) is 0 Å². The number of nitrogen functional groups attached to an aromatic ring is 1. The lowest BCUT2D eigenvalue weighted by Crippen LogP contribution is -2.34. The number of anilines is 1. The topological polar surface area (TPSA) is 44.5 Å². The van der Waals surface area contributed by atoms with E-state index in [1.807, 2.05) is 24.3 Å². The summed E-state index contributed by atoms with van der Waals surface area (Å²) in [5, 5.41) is 1.07. The minimum Gasteiger partial charge on any atom is -0.399 e. The molecule has 66 valence electrons. The van der Waals surface area contributed by atoms with E-state index in [4.69, 9.17) is 14.6 Å². The number of nitrogens with two attached hydrogens (primary N) is 1. The van der Waals surface area contributed by atoms with Gasteiger partial charge in [0, 0.05) is 19.9 Å². The predicted octanol–water partition coefficient (Wildman–Crippen LogP) is -0.0109. The molecule has 1 rings (SSSR count). The summed E-state index contributed by atoms with van der Waals surface area (Å²) in [6.45, 7) is 0. The van der Waals surface area contributed by atoms with Crippen LogP contribution in [0, 0.1) is 0 Å². The first-order chi connectivity index (χ1) is 5.77. The lowest BCUT2D eigenvalue weighted by Gasteiger charge is -2.10. The van der Waals surface area contributed by atoms with Crippen LogP contribution in [0.25, 0.3) is 0 Å². The van der Waals surface area contributed by atoms with Gasteiger partial charge in [-0.2, -0.15) is 0 Å². The van der Waals surface area contributed by atoms with Crippen LogP contribution < -0.4 is 10.9 Å². The number of hydrogen-bond donors (Lipinski definition) is 1. The van der Waals surface area contributed by atoms with Gasteiger partial charge in [-0.15, -0.1) is 0 Å². The van der Waals surface area contributed by atoms with Crippen molar-refractivity contribution in [3.05, 3.63) is 24.3 Å². The van der Waals surface area contributed by atoms with E-state index < -0.39 is 9.28 Å². The molecule has 0 heterocycles. The van der Waals surface area contributed by atoms with Crippen LogP contribution in [0.2, 0.25) is 0 Å². The van der Waals surface area contributed by atoms with E-state index in [1.165, 1.54) is 0 Å². The molecule has 0 aliphatic rings. The van der Waals surface area contributed by atoms with Crippen molar-refractivity contribution in [2.45, 2.75) is 0 Å². The summed E-state index contributed by atoms with van der Waals surface area (Å²) in [5.74, 6) is 0. The van der Waals surface area contributed by atoms with Crippen LogP contribution >= 0.6 is 0 Å². The van der Waals surface area contributed by atoms with Crippen LogP contribution in [0.1, 0.15) is 0 Å². The second-order valence-corrected chi connectivity index (χ2v) is 4.75. The monoisotopic (exact) mass is 183 g/mol. The van der Waals surface area contributed by atoms with Crippen LogP contribution in [-0.4, -0.2) is 23.5 Å². The van der Waals surface area contributed by atoms with Gasteiger partial charge in [0.1, 0.15) is 0 Å². The highest BCUT2D eigenvalue weighted by Crippen LogP contribution is 1.98. The number of benzene rings is 1. The highest BCUT2D eigenvalue weighted by molar-refractivity contribution is 6.61. The third-order valence-corrected chi connectivity index (χ3v) is 3.37. The molecule has 1 aromatic rings. The van der Waals surface area contributed by atoms with Gasteiger partial charge >= 0.3 is 9.28 Å². The van der Waals surface area contributed by atoms with Crippen molar-refractivity contribution in [1.82, 2.24) is 0 Å². The van der Waals surface area contributed by atoms with Crippen molar-refractivity contribution >= 4 is 20.2 Å².